The number of hydrogen-bond donors (Lipinski definition) is 0. The summed E-state index contributed by atoms with van der Waals surface area (Å²) >= 11 is 6.99. The lowest BCUT2D eigenvalue weighted by atomic mass is 10.2. The summed E-state index contributed by atoms with van der Waals surface area (Å²) < 4.78 is 12.5. The number of para-hydroxylation sites is 2. The minimum absolute atomic E-state index is 0.634. The first kappa shape index (κ1) is 15.4. The first-order valence-electron chi connectivity index (χ1n) is 6.45. The maximum absolute atomic E-state index is 5.84. The van der Waals surface area contributed by atoms with Crippen LogP contribution in [0.4, 0.5) is 0 Å². The summed E-state index contributed by atoms with van der Waals surface area (Å²) in [5.74, 6) is 1.80. The molecule has 0 heterocycles. The Hall–Kier alpha value is -1.00. The zero-order valence-electron chi connectivity index (χ0n) is 11.0. The summed E-state index contributed by atoms with van der Waals surface area (Å²) in [6.45, 7) is 1.29. The van der Waals surface area contributed by atoms with Crippen molar-refractivity contribution in [3.63, 3.8) is 0 Å². The van der Waals surface area contributed by atoms with E-state index in [0.717, 1.165) is 33.3 Å². The molecule has 0 saturated heterocycles. The molecule has 0 N–H and O–H groups in total. The molecule has 0 amide bonds. The topological polar surface area (TPSA) is 18.5 Å². The van der Waals surface area contributed by atoms with Crippen molar-refractivity contribution < 1.29 is 9.47 Å². The van der Waals surface area contributed by atoms with Gasteiger partial charge in [-0.25, -0.2) is 0 Å². The second-order valence-corrected chi connectivity index (χ2v) is 5.64. The van der Waals surface area contributed by atoms with Crippen LogP contribution in [-0.4, -0.2) is 13.2 Å². The highest BCUT2D eigenvalue weighted by Gasteiger charge is 2.06. The Morgan fingerprint density at radius 2 is 1.60 bits per heavy atom. The van der Waals surface area contributed by atoms with Crippen molar-refractivity contribution in [3.05, 3.63) is 58.6 Å². The van der Waals surface area contributed by atoms with Gasteiger partial charge in [0.15, 0.2) is 0 Å². The van der Waals surface area contributed by atoms with Crippen LogP contribution < -0.4 is 9.47 Å². The number of rotatable bonds is 7. The van der Waals surface area contributed by atoms with E-state index in [2.05, 4.69) is 37.9 Å². The van der Waals surface area contributed by atoms with Crippen molar-refractivity contribution >= 4 is 31.9 Å². The van der Waals surface area contributed by atoms with Gasteiger partial charge in [0.2, 0.25) is 0 Å². The van der Waals surface area contributed by atoms with Gasteiger partial charge < -0.3 is 9.47 Å². The van der Waals surface area contributed by atoms with E-state index in [1.165, 1.54) is 0 Å². The summed E-state index contributed by atoms with van der Waals surface area (Å²) in [6.07, 6.45) is 0.845. The van der Waals surface area contributed by atoms with Crippen LogP contribution in [0, 0.1) is 0 Å². The van der Waals surface area contributed by atoms with E-state index in [9.17, 15) is 0 Å². The average molecular weight is 400 g/mol. The van der Waals surface area contributed by atoms with Gasteiger partial charge in [0.05, 0.1) is 17.7 Å². The maximum Gasteiger partial charge on any atom is 0.137 e. The lowest BCUT2D eigenvalue weighted by Crippen LogP contribution is -2.06. The third-order valence-corrected chi connectivity index (χ3v) is 3.97. The summed E-state index contributed by atoms with van der Waals surface area (Å²) in [6, 6.07) is 15.9. The van der Waals surface area contributed by atoms with Gasteiger partial charge in [0.1, 0.15) is 11.5 Å². The molecule has 0 unspecified atom stereocenters. The molecule has 0 bridgehead atoms. The van der Waals surface area contributed by atoms with Crippen molar-refractivity contribution in [1.29, 1.82) is 0 Å². The third-order valence-electron chi connectivity index (χ3n) is 2.74. The average Bonchev–Trinajstić information content (AvgIpc) is 2.49. The predicted octanol–water partition coefficient (Wildman–Crippen LogP) is 5.19. The molecule has 4 heteroatoms. The first-order chi connectivity index (χ1) is 9.81. The minimum Gasteiger partial charge on any atom is -0.493 e. The Morgan fingerprint density at radius 1 is 0.850 bits per heavy atom. The Bertz CT molecular complexity index is 529. The van der Waals surface area contributed by atoms with Crippen LogP contribution in [0.3, 0.4) is 0 Å². The molecule has 2 aromatic rings. The van der Waals surface area contributed by atoms with Crippen molar-refractivity contribution in [3.8, 4) is 11.5 Å². The highest BCUT2D eigenvalue weighted by molar-refractivity contribution is 9.10. The van der Waals surface area contributed by atoms with Gasteiger partial charge in [-0.1, -0.05) is 46.3 Å². The smallest absolute Gasteiger partial charge is 0.137 e. The fourth-order valence-corrected chi connectivity index (χ4v) is 2.72. The van der Waals surface area contributed by atoms with Crippen molar-refractivity contribution in [2.24, 2.45) is 0 Å². The second kappa shape index (κ2) is 8.32. The largest absolute Gasteiger partial charge is 0.493 e. The summed E-state index contributed by atoms with van der Waals surface area (Å²) in [5, 5.41) is 0.780. The quantitative estimate of drug-likeness (QED) is 0.471. The maximum atomic E-state index is 5.84. The van der Waals surface area contributed by atoms with E-state index in [4.69, 9.17) is 9.47 Å². The third kappa shape index (κ3) is 4.53. The lowest BCUT2D eigenvalue weighted by Gasteiger charge is -2.12. The Kier molecular flexibility index (Phi) is 6.40. The normalized spacial score (nSPS) is 10.3. The summed E-state index contributed by atoms with van der Waals surface area (Å²) in [5.41, 5.74) is 1.14. The van der Waals surface area contributed by atoms with Crippen LogP contribution in [0.25, 0.3) is 0 Å². The molecular weight excluding hydrogens is 384 g/mol. The van der Waals surface area contributed by atoms with Crippen LogP contribution in [0.2, 0.25) is 0 Å². The molecule has 0 fully saturated rings. The fourth-order valence-electron chi connectivity index (χ4n) is 1.76. The van der Waals surface area contributed by atoms with Crippen LogP contribution in [0.1, 0.15) is 12.0 Å². The van der Waals surface area contributed by atoms with E-state index >= 15 is 0 Å². The summed E-state index contributed by atoms with van der Waals surface area (Å²) in [7, 11) is 0. The first-order valence-corrected chi connectivity index (χ1v) is 8.36. The molecule has 0 spiro atoms. The van der Waals surface area contributed by atoms with Gasteiger partial charge in [-0.3, -0.25) is 0 Å². The van der Waals surface area contributed by atoms with Crippen LogP contribution in [0.5, 0.6) is 11.5 Å². The zero-order valence-corrected chi connectivity index (χ0v) is 14.2. The SMILES string of the molecule is BrCc1cccc(Br)c1OCCCOc1ccccc1. The summed E-state index contributed by atoms with van der Waals surface area (Å²) in [4.78, 5) is 0. The monoisotopic (exact) mass is 398 g/mol. The van der Waals surface area contributed by atoms with Gasteiger partial charge in [0, 0.05) is 17.3 Å². The molecular formula is C16H16Br2O2. The van der Waals surface area contributed by atoms with Gasteiger partial charge in [-0.2, -0.15) is 0 Å². The second-order valence-electron chi connectivity index (χ2n) is 4.23. The van der Waals surface area contributed by atoms with E-state index < -0.39 is 0 Å². The molecule has 0 aliphatic carbocycles. The van der Waals surface area contributed by atoms with Crippen LogP contribution >= 0.6 is 31.9 Å². The van der Waals surface area contributed by atoms with Crippen molar-refractivity contribution in [2.75, 3.05) is 13.2 Å². The molecule has 2 rings (SSSR count). The molecule has 0 radical (unpaired) electrons. The van der Waals surface area contributed by atoms with Crippen LogP contribution in [-0.2, 0) is 5.33 Å². The Labute approximate surface area is 136 Å². The highest BCUT2D eigenvalue weighted by Crippen LogP contribution is 2.30. The molecule has 0 atom stereocenters. The Morgan fingerprint density at radius 3 is 2.35 bits per heavy atom. The number of ether oxygens (including phenoxy) is 2. The molecule has 0 saturated carbocycles. The standard InChI is InChI=1S/C16H16Br2O2/c17-12-13-6-4-9-15(18)16(13)20-11-5-10-19-14-7-2-1-3-8-14/h1-4,6-9H,5,10-12H2. The van der Waals surface area contributed by atoms with Crippen LogP contribution in [0.15, 0.2) is 53.0 Å². The van der Waals surface area contributed by atoms with E-state index in [0.29, 0.717) is 13.2 Å². The molecule has 106 valence electrons. The number of alkyl halides is 1. The molecule has 2 aromatic carbocycles. The van der Waals surface area contributed by atoms with Crippen molar-refractivity contribution in [1.82, 2.24) is 0 Å². The van der Waals surface area contributed by atoms with Gasteiger partial charge in [-0.15, -0.1) is 0 Å². The number of halogens is 2. The molecule has 2 nitrogen and oxygen atoms in total. The molecule has 20 heavy (non-hydrogen) atoms. The number of hydrogen-bond acceptors (Lipinski definition) is 2. The molecule has 0 aliphatic heterocycles. The minimum atomic E-state index is 0.634. The zero-order chi connectivity index (χ0) is 14.2. The van der Waals surface area contributed by atoms with E-state index in [1.54, 1.807) is 0 Å². The molecule has 0 aromatic heterocycles. The van der Waals surface area contributed by atoms with Gasteiger partial charge in [0.25, 0.3) is 0 Å². The molecule has 0 aliphatic rings. The number of benzene rings is 2. The fraction of sp³-hybridized carbons (Fsp3) is 0.250. The highest BCUT2D eigenvalue weighted by atomic mass is 79.9. The van der Waals surface area contributed by atoms with Gasteiger partial charge >= 0.3 is 0 Å². The van der Waals surface area contributed by atoms with E-state index in [1.807, 2.05) is 42.5 Å². The predicted molar refractivity (Wildman–Crippen MR) is 88.8 cm³/mol. The van der Waals surface area contributed by atoms with Crippen molar-refractivity contribution in [2.45, 2.75) is 11.8 Å². The Balaban J connectivity index is 1.76. The van der Waals surface area contributed by atoms with Gasteiger partial charge in [-0.05, 0) is 34.1 Å². The lowest BCUT2D eigenvalue weighted by molar-refractivity contribution is 0.246. The van der Waals surface area contributed by atoms with E-state index in [-0.39, 0.29) is 0 Å².